The van der Waals surface area contributed by atoms with Crippen LogP contribution >= 0.6 is 0 Å². The van der Waals surface area contributed by atoms with Crippen LogP contribution in [0.25, 0.3) is 0 Å². The Labute approximate surface area is 187 Å². The predicted octanol–water partition coefficient (Wildman–Crippen LogP) is 3.17. The number of fused-ring (bicyclic) bond motifs is 3. The summed E-state index contributed by atoms with van der Waals surface area (Å²) in [4.78, 5) is 30.1. The smallest absolute Gasteiger partial charge is 0.231 e. The molecule has 3 aromatic rings. The highest BCUT2D eigenvalue weighted by molar-refractivity contribution is 5.97. The topological polar surface area (TPSA) is 60.9 Å². The predicted molar refractivity (Wildman–Crippen MR) is 123 cm³/mol. The van der Waals surface area contributed by atoms with Crippen molar-refractivity contribution in [3.63, 3.8) is 0 Å². The van der Waals surface area contributed by atoms with Gasteiger partial charge in [-0.15, -0.1) is 0 Å². The summed E-state index contributed by atoms with van der Waals surface area (Å²) in [6.45, 7) is 0.359. The maximum absolute atomic E-state index is 13.3. The molecular weight excluding hydrogens is 400 g/mol. The molecule has 0 spiro atoms. The first kappa shape index (κ1) is 20.5. The lowest BCUT2D eigenvalue weighted by molar-refractivity contribution is -0.150. The molecule has 3 atom stereocenters. The van der Waals surface area contributed by atoms with E-state index in [2.05, 4.69) is 0 Å². The van der Waals surface area contributed by atoms with Crippen molar-refractivity contribution >= 4 is 17.5 Å². The van der Waals surface area contributed by atoms with E-state index in [9.17, 15) is 14.7 Å². The molecule has 0 radical (unpaired) electrons. The van der Waals surface area contributed by atoms with Gasteiger partial charge in [0.15, 0.2) is 0 Å². The molecule has 5 rings (SSSR count). The van der Waals surface area contributed by atoms with E-state index in [1.807, 2.05) is 89.8 Å². The number of hydrogen-bond acceptors (Lipinski definition) is 3. The van der Waals surface area contributed by atoms with Gasteiger partial charge in [0.25, 0.3) is 0 Å². The van der Waals surface area contributed by atoms with E-state index in [4.69, 9.17) is 0 Å². The summed E-state index contributed by atoms with van der Waals surface area (Å²) in [7, 11) is 0. The molecule has 2 heterocycles. The first-order chi connectivity index (χ1) is 15.7. The highest BCUT2D eigenvalue weighted by atomic mass is 16.3. The number of aliphatic hydroxyl groups is 1. The lowest BCUT2D eigenvalue weighted by Gasteiger charge is -2.59. The van der Waals surface area contributed by atoms with Gasteiger partial charge >= 0.3 is 0 Å². The zero-order valence-corrected chi connectivity index (χ0v) is 17.8. The fourth-order valence-electron chi connectivity index (χ4n) is 5.20. The lowest BCUT2D eigenvalue weighted by atomic mass is 9.71. The van der Waals surface area contributed by atoms with Crippen LogP contribution in [0.2, 0.25) is 0 Å². The molecule has 32 heavy (non-hydrogen) atoms. The SMILES string of the molecule is O=C(Cc1ccccc1)N1C[C@@H]2[C@H](c3ccccc31)[C@H](CO)N2C(=O)Cc1ccccc1. The van der Waals surface area contributed by atoms with E-state index in [-0.39, 0.29) is 36.4 Å². The van der Waals surface area contributed by atoms with Gasteiger partial charge in [-0.05, 0) is 22.8 Å². The molecule has 2 amide bonds. The minimum Gasteiger partial charge on any atom is -0.394 e. The van der Waals surface area contributed by atoms with Crippen molar-refractivity contribution in [2.75, 3.05) is 18.1 Å². The number of carbonyl (C=O) groups excluding carboxylic acids is 2. The van der Waals surface area contributed by atoms with Crippen molar-refractivity contribution in [1.29, 1.82) is 0 Å². The van der Waals surface area contributed by atoms with Gasteiger partial charge in [0.2, 0.25) is 11.8 Å². The number of amides is 2. The molecular formula is C27H26N2O3. The Morgan fingerprint density at radius 2 is 1.34 bits per heavy atom. The quantitative estimate of drug-likeness (QED) is 0.682. The van der Waals surface area contributed by atoms with Gasteiger partial charge in [-0.2, -0.15) is 0 Å². The van der Waals surface area contributed by atoms with Crippen molar-refractivity contribution in [2.24, 2.45) is 0 Å². The minimum absolute atomic E-state index is 0.00802. The third-order valence-electron chi connectivity index (χ3n) is 6.67. The highest BCUT2D eigenvalue weighted by Gasteiger charge is 2.54. The Balaban J connectivity index is 1.43. The van der Waals surface area contributed by atoms with Crippen molar-refractivity contribution < 1.29 is 14.7 Å². The van der Waals surface area contributed by atoms with Gasteiger partial charge < -0.3 is 14.9 Å². The first-order valence-corrected chi connectivity index (χ1v) is 11.1. The average Bonchev–Trinajstić information content (AvgIpc) is 2.80. The summed E-state index contributed by atoms with van der Waals surface area (Å²) in [6, 6.07) is 26.9. The van der Waals surface area contributed by atoms with E-state index in [1.54, 1.807) is 4.90 Å². The van der Waals surface area contributed by atoms with Gasteiger partial charge in [-0.3, -0.25) is 9.59 Å². The van der Waals surface area contributed by atoms with Crippen LogP contribution in [0.5, 0.6) is 0 Å². The fourth-order valence-corrected chi connectivity index (χ4v) is 5.20. The number of nitrogens with zero attached hydrogens (tertiary/aromatic N) is 2. The molecule has 0 saturated carbocycles. The Hall–Kier alpha value is -3.44. The highest BCUT2D eigenvalue weighted by Crippen LogP contribution is 2.48. The monoisotopic (exact) mass is 426 g/mol. The molecule has 162 valence electrons. The number of benzene rings is 3. The van der Waals surface area contributed by atoms with Gasteiger partial charge in [-0.25, -0.2) is 0 Å². The molecule has 0 unspecified atom stereocenters. The lowest BCUT2D eigenvalue weighted by Crippen LogP contribution is -2.71. The summed E-state index contributed by atoms with van der Waals surface area (Å²) in [5.41, 5.74) is 3.85. The second-order valence-electron chi connectivity index (χ2n) is 8.53. The number of carbonyl (C=O) groups is 2. The molecule has 0 aromatic heterocycles. The normalized spacial score (nSPS) is 21.3. The number of anilines is 1. The van der Waals surface area contributed by atoms with Crippen LogP contribution < -0.4 is 4.90 Å². The summed E-state index contributed by atoms with van der Waals surface area (Å²) < 4.78 is 0. The number of para-hydroxylation sites is 1. The average molecular weight is 427 g/mol. The van der Waals surface area contributed by atoms with Crippen LogP contribution in [0, 0.1) is 0 Å². The molecule has 1 fully saturated rings. The van der Waals surface area contributed by atoms with E-state index in [1.165, 1.54) is 0 Å². The summed E-state index contributed by atoms with van der Waals surface area (Å²) in [5.74, 6) is 0.0491. The van der Waals surface area contributed by atoms with Crippen molar-refractivity contribution in [2.45, 2.75) is 30.8 Å². The number of rotatable bonds is 5. The Bertz CT molecular complexity index is 1120. The zero-order chi connectivity index (χ0) is 22.1. The molecule has 2 aliphatic heterocycles. The molecule has 2 aliphatic rings. The van der Waals surface area contributed by atoms with E-state index < -0.39 is 0 Å². The second-order valence-corrected chi connectivity index (χ2v) is 8.53. The summed E-state index contributed by atoms with van der Waals surface area (Å²) >= 11 is 0. The third-order valence-corrected chi connectivity index (χ3v) is 6.67. The van der Waals surface area contributed by atoms with E-state index in [0.29, 0.717) is 19.4 Å². The van der Waals surface area contributed by atoms with Crippen molar-refractivity contribution in [3.8, 4) is 0 Å². The zero-order valence-electron chi connectivity index (χ0n) is 17.8. The number of hydrogen-bond donors (Lipinski definition) is 1. The number of aliphatic hydroxyl groups excluding tert-OH is 1. The van der Waals surface area contributed by atoms with E-state index >= 15 is 0 Å². The molecule has 1 saturated heterocycles. The van der Waals surface area contributed by atoms with Crippen LogP contribution in [0.15, 0.2) is 84.9 Å². The van der Waals surface area contributed by atoms with Crippen molar-refractivity contribution in [3.05, 3.63) is 102 Å². The first-order valence-electron chi connectivity index (χ1n) is 11.1. The molecule has 5 heteroatoms. The third kappa shape index (κ3) is 3.59. The molecule has 3 aromatic carbocycles. The maximum atomic E-state index is 13.3. The Kier molecular flexibility index (Phi) is 5.50. The molecule has 0 bridgehead atoms. The Morgan fingerprint density at radius 3 is 1.97 bits per heavy atom. The Morgan fingerprint density at radius 1 is 0.781 bits per heavy atom. The van der Waals surface area contributed by atoms with Gasteiger partial charge in [-0.1, -0.05) is 78.9 Å². The van der Waals surface area contributed by atoms with Gasteiger partial charge in [0.05, 0.1) is 31.5 Å². The molecule has 5 nitrogen and oxygen atoms in total. The van der Waals surface area contributed by atoms with Crippen LogP contribution in [-0.4, -0.2) is 47.1 Å². The van der Waals surface area contributed by atoms with E-state index in [0.717, 1.165) is 22.4 Å². The molecule has 0 aliphatic carbocycles. The van der Waals surface area contributed by atoms with Crippen LogP contribution in [-0.2, 0) is 22.4 Å². The number of likely N-dealkylation sites (tertiary alicyclic amines) is 1. The fraction of sp³-hybridized carbons (Fsp3) is 0.259. The van der Waals surface area contributed by atoms with Gasteiger partial charge in [0, 0.05) is 18.2 Å². The minimum atomic E-state index is -0.260. The van der Waals surface area contributed by atoms with Crippen LogP contribution in [0.3, 0.4) is 0 Å². The summed E-state index contributed by atoms with van der Waals surface area (Å²) in [5, 5.41) is 10.1. The van der Waals surface area contributed by atoms with Crippen LogP contribution in [0.4, 0.5) is 5.69 Å². The standard InChI is InChI=1S/C27H26N2O3/c30-18-24-27-21-13-7-8-14-22(21)28(25(31)15-19-9-3-1-4-10-19)17-23(27)29(24)26(32)16-20-11-5-2-6-12-20/h1-14,23-24,27,30H,15-18H2/t23-,24+,27+/m1/s1. The largest absolute Gasteiger partial charge is 0.394 e. The molecule has 1 N–H and O–H groups in total. The maximum Gasteiger partial charge on any atom is 0.231 e. The summed E-state index contributed by atoms with van der Waals surface area (Å²) in [6.07, 6.45) is 0.605. The van der Waals surface area contributed by atoms with Crippen LogP contribution in [0.1, 0.15) is 22.6 Å². The van der Waals surface area contributed by atoms with Gasteiger partial charge in [0.1, 0.15) is 0 Å². The van der Waals surface area contributed by atoms with Crippen molar-refractivity contribution in [1.82, 2.24) is 4.90 Å². The second kappa shape index (κ2) is 8.60.